The largest absolute Gasteiger partial charge is 0.387 e. The Balaban J connectivity index is 1.81. The third-order valence-electron chi connectivity index (χ3n) is 4.29. The number of rotatable bonds is 7. The average molecular weight is 320 g/mol. The van der Waals surface area contributed by atoms with E-state index in [1.807, 2.05) is 43.0 Å². The Morgan fingerprint density at radius 3 is 2.61 bits per heavy atom. The first-order valence-electron chi connectivity index (χ1n) is 8.42. The van der Waals surface area contributed by atoms with Gasteiger partial charge in [-0.25, -0.2) is 0 Å². The number of aliphatic hydroxyl groups is 1. The van der Waals surface area contributed by atoms with Crippen LogP contribution in [0.4, 0.5) is 0 Å². The zero-order valence-corrected chi connectivity index (χ0v) is 14.1. The highest BCUT2D eigenvalue weighted by molar-refractivity contribution is 5.78. The van der Waals surface area contributed by atoms with E-state index < -0.39 is 6.10 Å². The smallest absolute Gasteiger partial charge is 0.234 e. The minimum absolute atomic E-state index is 0.0230. The molecule has 5 nitrogen and oxygen atoms in total. The number of aryl methyl sites for hydroxylation is 1. The molecule has 0 spiro atoms. The van der Waals surface area contributed by atoms with Crippen LogP contribution in [0.5, 0.6) is 0 Å². The second kappa shape index (κ2) is 9.01. The molecule has 2 rings (SSSR count). The van der Waals surface area contributed by atoms with E-state index in [-0.39, 0.29) is 11.9 Å². The first-order chi connectivity index (χ1) is 11.1. The standard InChI is InChI=1S/C18H28N2O3/c1-3-20(12-17(21)15-6-4-14(2)5-7-15)13-18(22)19-16-8-10-23-11-9-16/h4-7,16-17,21H,3,8-13H2,1-2H3,(H,19,22)/t17-/m1/s1. The van der Waals surface area contributed by atoms with Crippen molar-refractivity contribution in [1.29, 1.82) is 0 Å². The van der Waals surface area contributed by atoms with Crippen molar-refractivity contribution in [3.63, 3.8) is 0 Å². The fraction of sp³-hybridized carbons (Fsp3) is 0.611. The second-order valence-corrected chi connectivity index (χ2v) is 6.21. The summed E-state index contributed by atoms with van der Waals surface area (Å²) >= 11 is 0. The minimum Gasteiger partial charge on any atom is -0.387 e. The van der Waals surface area contributed by atoms with Gasteiger partial charge in [0.2, 0.25) is 5.91 Å². The summed E-state index contributed by atoms with van der Waals surface area (Å²) in [6, 6.07) is 8.09. The van der Waals surface area contributed by atoms with Crippen molar-refractivity contribution in [2.75, 3.05) is 32.8 Å². The minimum atomic E-state index is -0.577. The monoisotopic (exact) mass is 320 g/mol. The van der Waals surface area contributed by atoms with Crippen LogP contribution >= 0.6 is 0 Å². The summed E-state index contributed by atoms with van der Waals surface area (Å²) in [7, 11) is 0. The highest BCUT2D eigenvalue weighted by Crippen LogP contribution is 2.15. The van der Waals surface area contributed by atoms with Crippen LogP contribution < -0.4 is 5.32 Å². The Morgan fingerprint density at radius 1 is 1.35 bits per heavy atom. The van der Waals surface area contributed by atoms with Gasteiger partial charge in [0.15, 0.2) is 0 Å². The van der Waals surface area contributed by atoms with E-state index in [4.69, 9.17) is 4.74 Å². The number of nitrogens with zero attached hydrogens (tertiary/aromatic N) is 1. The number of carbonyl (C=O) groups excluding carboxylic acids is 1. The highest BCUT2D eigenvalue weighted by Gasteiger charge is 2.19. The number of benzene rings is 1. The van der Waals surface area contributed by atoms with Crippen LogP contribution in [0.1, 0.15) is 37.0 Å². The molecule has 0 unspecified atom stereocenters. The molecule has 1 heterocycles. The van der Waals surface area contributed by atoms with Gasteiger partial charge in [0.05, 0.1) is 12.6 Å². The SMILES string of the molecule is CCN(CC(=O)NC1CCOCC1)C[C@@H](O)c1ccc(C)cc1. The third kappa shape index (κ3) is 5.94. The Morgan fingerprint density at radius 2 is 2.00 bits per heavy atom. The second-order valence-electron chi connectivity index (χ2n) is 6.21. The van der Waals surface area contributed by atoms with Crippen LogP contribution in [0.2, 0.25) is 0 Å². The normalized spacial score (nSPS) is 17.2. The number of aliphatic hydroxyl groups excluding tert-OH is 1. The van der Waals surface area contributed by atoms with E-state index in [9.17, 15) is 9.90 Å². The molecular formula is C18H28N2O3. The van der Waals surface area contributed by atoms with Gasteiger partial charge >= 0.3 is 0 Å². The molecule has 0 saturated carbocycles. The number of hydrogen-bond acceptors (Lipinski definition) is 4. The lowest BCUT2D eigenvalue weighted by Crippen LogP contribution is -2.45. The zero-order valence-electron chi connectivity index (χ0n) is 14.1. The van der Waals surface area contributed by atoms with Crippen molar-refractivity contribution in [2.24, 2.45) is 0 Å². The molecule has 0 radical (unpaired) electrons. The lowest BCUT2D eigenvalue weighted by Gasteiger charge is -2.26. The van der Waals surface area contributed by atoms with Crippen molar-refractivity contribution in [3.05, 3.63) is 35.4 Å². The molecule has 1 fully saturated rings. The summed E-state index contributed by atoms with van der Waals surface area (Å²) in [5.74, 6) is 0.0230. The molecule has 0 aliphatic carbocycles. The number of likely N-dealkylation sites (N-methyl/N-ethyl adjacent to an activating group) is 1. The lowest BCUT2D eigenvalue weighted by atomic mass is 10.1. The van der Waals surface area contributed by atoms with Crippen LogP contribution in [0.3, 0.4) is 0 Å². The number of amides is 1. The Labute approximate surface area is 138 Å². The molecule has 0 aromatic heterocycles. The van der Waals surface area contributed by atoms with Crippen LogP contribution in [0.25, 0.3) is 0 Å². The quantitative estimate of drug-likeness (QED) is 0.802. The average Bonchev–Trinajstić information content (AvgIpc) is 2.55. The molecule has 1 amide bonds. The number of hydrogen-bond donors (Lipinski definition) is 2. The maximum absolute atomic E-state index is 12.2. The van der Waals surface area contributed by atoms with Crippen LogP contribution in [-0.4, -0.2) is 54.8 Å². The van der Waals surface area contributed by atoms with Gasteiger partial charge in [-0.2, -0.15) is 0 Å². The molecule has 128 valence electrons. The molecule has 1 aromatic carbocycles. The van der Waals surface area contributed by atoms with Crippen molar-refractivity contribution in [2.45, 2.75) is 38.8 Å². The maximum atomic E-state index is 12.2. The van der Waals surface area contributed by atoms with E-state index in [0.717, 1.165) is 24.9 Å². The molecule has 1 aliphatic heterocycles. The van der Waals surface area contributed by atoms with Gasteiger partial charge in [0.25, 0.3) is 0 Å². The first kappa shape index (κ1) is 17.9. The summed E-state index contributed by atoms with van der Waals surface area (Å²) in [4.78, 5) is 14.1. The van der Waals surface area contributed by atoms with Crippen molar-refractivity contribution < 1.29 is 14.6 Å². The molecule has 1 aromatic rings. The predicted octanol–water partition coefficient (Wildman–Crippen LogP) is 1.65. The molecule has 1 saturated heterocycles. The van der Waals surface area contributed by atoms with Gasteiger partial charge in [-0.15, -0.1) is 0 Å². The van der Waals surface area contributed by atoms with Gasteiger partial charge in [-0.3, -0.25) is 9.69 Å². The summed E-state index contributed by atoms with van der Waals surface area (Å²) in [5.41, 5.74) is 2.06. The van der Waals surface area contributed by atoms with Gasteiger partial charge in [0.1, 0.15) is 0 Å². The molecule has 1 atom stereocenters. The van der Waals surface area contributed by atoms with Crippen LogP contribution in [-0.2, 0) is 9.53 Å². The Kier molecular flexibility index (Phi) is 7.02. The molecule has 0 bridgehead atoms. The highest BCUT2D eigenvalue weighted by atomic mass is 16.5. The van der Waals surface area contributed by atoms with Crippen LogP contribution in [0, 0.1) is 6.92 Å². The van der Waals surface area contributed by atoms with Crippen molar-refractivity contribution in [3.8, 4) is 0 Å². The lowest BCUT2D eigenvalue weighted by molar-refractivity contribution is -0.123. The predicted molar refractivity (Wildman–Crippen MR) is 90.2 cm³/mol. The number of carbonyl (C=O) groups is 1. The van der Waals surface area contributed by atoms with Crippen molar-refractivity contribution in [1.82, 2.24) is 10.2 Å². The topological polar surface area (TPSA) is 61.8 Å². The summed E-state index contributed by atoms with van der Waals surface area (Å²) in [5, 5.41) is 13.4. The fourth-order valence-corrected chi connectivity index (χ4v) is 2.76. The van der Waals surface area contributed by atoms with Gasteiger partial charge < -0.3 is 15.2 Å². The van der Waals surface area contributed by atoms with E-state index in [1.165, 1.54) is 5.56 Å². The molecular weight excluding hydrogens is 292 g/mol. The third-order valence-corrected chi connectivity index (χ3v) is 4.29. The van der Waals surface area contributed by atoms with Crippen molar-refractivity contribution >= 4 is 5.91 Å². The molecule has 1 aliphatic rings. The van der Waals surface area contributed by atoms with E-state index in [0.29, 0.717) is 26.3 Å². The van der Waals surface area contributed by atoms with Crippen LogP contribution in [0.15, 0.2) is 24.3 Å². The summed E-state index contributed by atoms with van der Waals surface area (Å²) in [6.45, 7) is 6.96. The molecule has 2 N–H and O–H groups in total. The number of nitrogens with one attached hydrogen (secondary N) is 1. The Hall–Kier alpha value is -1.43. The molecule has 5 heteroatoms. The van der Waals surface area contributed by atoms with Gasteiger partial charge in [-0.1, -0.05) is 36.8 Å². The summed E-state index contributed by atoms with van der Waals surface area (Å²) in [6.07, 6.45) is 1.18. The fourth-order valence-electron chi connectivity index (χ4n) is 2.76. The van der Waals surface area contributed by atoms with Gasteiger partial charge in [-0.05, 0) is 31.9 Å². The maximum Gasteiger partial charge on any atom is 0.234 e. The zero-order chi connectivity index (χ0) is 16.7. The van der Waals surface area contributed by atoms with E-state index >= 15 is 0 Å². The number of ether oxygens (including phenoxy) is 1. The summed E-state index contributed by atoms with van der Waals surface area (Å²) < 4.78 is 5.30. The first-order valence-corrected chi connectivity index (χ1v) is 8.42. The van der Waals surface area contributed by atoms with Gasteiger partial charge in [0, 0.05) is 25.8 Å². The Bertz CT molecular complexity index is 484. The van der Waals surface area contributed by atoms with E-state index in [1.54, 1.807) is 0 Å². The molecule has 23 heavy (non-hydrogen) atoms. The van der Waals surface area contributed by atoms with E-state index in [2.05, 4.69) is 5.32 Å².